The monoisotopic (exact) mass is 281 g/mol. The fourth-order valence-corrected chi connectivity index (χ4v) is 3.30. The Kier molecular flexibility index (Phi) is 4.84. The van der Waals surface area contributed by atoms with E-state index in [1.807, 2.05) is 25.7 Å². The summed E-state index contributed by atoms with van der Waals surface area (Å²) in [6.07, 6.45) is 5.77. The number of carbonyl (C=O) groups excluding carboxylic acids is 2. The normalized spacial score (nSPS) is 27.9. The van der Waals surface area contributed by atoms with E-state index in [0.717, 1.165) is 38.6 Å². The molecule has 114 valence electrons. The van der Waals surface area contributed by atoms with Gasteiger partial charge in [-0.25, -0.2) is 0 Å². The molecule has 1 heterocycles. The SMILES string of the molecule is CC(C)(C)OCC(=O)N1CCCCC1C1CCCC1=O. The van der Waals surface area contributed by atoms with Crippen LogP contribution in [0.5, 0.6) is 0 Å². The summed E-state index contributed by atoms with van der Waals surface area (Å²) in [5.41, 5.74) is -0.301. The molecule has 1 saturated heterocycles. The first-order valence-electron chi connectivity index (χ1n) is 7.84. The van der Waals surface area contributed by atoms with E-state index in [-0.39, 0.29) is 30.1 Å². The van der Waals surface area contributed by atoms with Crippen molar-refractivity contribution >= 4 is 11.7 Å². The number of hydrogen-bond donors (Lipinski definition) is 0. The first-order valence-corrected chi connectivity index (χ1v) is 7.84. The van der Waals surface area contributed by atoms with Gasteiger partial charge in [0, 0.05) is 24.9 Å². The molecule has 1 aliphatic heterocycles. The molecule has 2 unspecified atom stereocenters. The van der Waals surface area contributed by atoms with E-state index in [1.165, 1.54) is 0 Å². The summed E-state index contributed by atoms with van der Waals surface area (Å²) in [6.45, 7) is 6.76. The minimum atomic E-state index is -0.301. The van der Waals surface area contributed by atoms with E-state index in [1.54, 1.807) is 0 Å². The van der Waals surface area contributed by atoms with Gasteiger partial charge in [-0.3, -0.25) is 9.59 Å². The maximum absolute atomic E-state index is 12.4. The largest absolute Gasteiger partial charge is 0.366 e. The maximum atomic E-state index is 12.4. The van der Waals surface area contributed by atoms with Crippen molar-refractivity contribution in [3.63, 3.8) is 0 Å². The minimum absolute atomic E-state index is 0.0457. The molecule has 0 aromatic rings. The number of ketones is 1. The van der Waals surface area contributed by atoms with Crippen LogP contribution in [0, 0.1) is 5.92 Å². The van der Waals surface area contributed by atoms with Crippen LogP contribution in [0.25, 0.3) is 0 Å². The van der Waals surface area contributed by atoms with Crippen molar-refractivity contribution in [1.82, 2.24) is 4.90 Å². The lowest BCUT2D eigenvalue weighted by Gasteiger charge is -2.39. The van der Waals surface area contributed by atoms with Gasteiger partial charge in [0.2, 0.25) is 5.91 Å². The summed E-state index contributed by atoms with van der Waals surface area (Å²) in [5, 5.41) is 0. The highest BCUT2D eigenvalue weighted by molar-refractivity contribution is 5.85. The molecule has 2 rings (SSSR count). The Morgan fingerprint density at radius 1 is 1.25 bits per heavy atom. The zero-order valence-electron chi connectivity index (χ0n) is 13.0. The molecule has 0 spiro atoms. The molecule has 2 aliphatic rings. The second-order valence-electron chi connectivity index (χ2n) is 7.02. The van der Waals surface area contributed by atoms with Gasteiger partial charge in [0.15, 0.2) is 0 Å². The summed E-state index contributed by atoms with van der Waals surface area (Å²) in [4.78, 5) is 26.3. The zero-order chi connectivity index (χ0) is 14.8. The van der Waals surface area contributed by atoms with Crippen LogP contribution in [-0.4, -0.2) is 41.4 Å². The molecule has 2 fully saturated rings. The molecule has 0 aromatic heterocycles. The predicted octanol–water partition coefficient (Wildman–Crippen LogP) is 2.55. The second-order valence-corrected chi connectivity index (χ2v) is 7.02. The predicted molar refractivity (Wildman–Crippen MR) is 77.4 cm³/mol. The first kappa shape index (κ1) is 15.5. The number of hydrogen-bond acceptors (Lipinski definition) is 3. The summed E-state index contributed by atoms with van der Waals surface area (Å²) < 4.78 is 5.61. The Morgan fingerprint density at radius 2 is 2.00 bits per heavy atom. The van der Waals surface area contributed by atoms with Gasteiger partial charge in [0.1, 0.15) is 12.4 Å². The molecule has 0 bridgehead atoms. The zero-order valence-corrected chi connectivity index (χ0v) is 13.0. The highest BCUT2D eigenvalue weighted by atomic mass is 16.5. The van der Waals surface area contributed by atoms with Gasteiger partial charge in [-0.2, -0.15) is 0 Å². The Hall–Kier alpha value is -0.900. The quantitative estimate of drug-likeness (QED) is 0.798. The summed E-state index contributed by atoms with van der Waals surface area (Å²) >= 11 is 0. The van der Waals surface area contributed by atoms with E-state index in [4.69, 9.17) is 4.74 Å². The lowest BCUT2D eigenvalue weighted by molar-refractivity contribution is -0.147. The fourth-order valence-electron chi connectivity index (χ4n) is 3.30. The van der Waals surface area contributed by atoms with Crippen LogP contribution in [0.1, 0.15) is 59.3 Å². The number of ether oxygens (including phenoxy) is 1. The minimum Gasteiger partial charge on any atom is -0.366 e. The highest BCUT2D eigenvalue weighted by Crippen LogP contribution is 2.32. The molecule has 0 radical (unpaired) electrons. The molecule has 1 amide bonds. The average Bonchev–Trinajstić information content (AvgIpc) is 2.81. The van der Waals surface area contributed by atoms with Gasteiger partial charge in [-0.1, -0.05) is 0 Å². The molecule has 4 nitrogen and oxygen atoms in total. The van der Waals surface area contributed by atoms with Crippen LogP contribution in [0.15, 0.2) is 0 Å². The van der Waals surface area contributed by atoms with Crippen molar-refractivity contribution in [2.24, 2.45) is 5.92 Å². The summed E-state index contributed by atoms with van der Waals surface area (Å²) in [7, 11) is 0. The second kappa shape index (κ2) is 6.25. The van der Waals surface area contributed by atoms with Crippen LogP contribution in [0.2, 0.25) is 0 Å². The van der Waals surface area contributed by atoms with Crippen LogP contribution in [-0.2, 0) is 14.3 Å². The van der Waals surface area contributed by atoms with Crippen molar-refractivity contribution in [3.8, 4) is 0 Å². The number of piperidine rings is 1. The van der Waals surface area contributed by atoms with Crippen molar-refractivity contribution in [3.05, 3.63) is 0 Å². The summed E-state index contributed by atoms with van der Waals surface area (Å²) in [6, 6.07) is 0.120. The highest BCUT2D eigenvalue weighted by Gasteiger charge is 2.38. The van der Waals surface area contributed by atoms with Gasteiger partial charge in [-0.05, 0) is 52.9 Å². The third kappa shape index (κ3) is 3.81. The van der Waals surface area contributed by atoms with Crippen LogP contribution in [0.3, 0.4) is 0 Å². The van der Waals surface area contributed by atoms with Crippen molar-refractivity contribution in [1.29, 1.82) is 0 Å². The molecule has 1 aliphatic carbocycles. The maximum Gasteiger partial charge on any atom is 0.248 e. The van der Waals surface area contributed by atoms with Crippen molar-refractivity contribution in [2.45, 2.75) is 70.9 Å². The molecule has 20 heavy (non-hydrogen) atoms. The van der Waals surface area contributed by atoms with Crippen molar-refractivity contribution < 1.29 is 14.3 Å². The van der Waals surface area contributed by atoms with E-state index in [2.05, 4.69) is 0 Å². The van der Waals surface area contributed by atoms with Gasteiger partial charge >= 0.3 is 0 Å². The van der Waals surface area contributed by atoms with Crippen LogP contribution in [0.4, 0.5) is 0 Å². The molecule has 1 saturated carbocycles. The van der Waals surface area contributed by atoms with Crippen LogP contribution < -0.4 is 0 Å². The van der Waals surface area contributed by atoms with E-state index < -0.39 is 0 Å². The standard InChI is InChI=1S/C16H27NO3/c1-16(2,3)20-11-15(19)17-10-5-4-8-13(17)12-7-6-9-14(12)18/h12-13H,4-11H2,1-3H3. The number of amides is 1. The van der Waals surface area contributed by atoms with Gasteiger partial charge in [-0.15, -0.1) is 0 Å². The number of nitrogens with zero attached hydrogens (tertiary/aromatic N) is 1. The summed E-state index contributed by atoms with van der Waals surface area (Å²) in [5.74, 6) is 0.477. The number of carbonyl (C=O) groups is 2. The molecule has 2 atom stereocenters. The number of Topliss-reactive ketones (excluding diaryl/α,β-unsaturated/α-hetero) is 1. The molecule has 0 aromatic carbocycles. The van der Waals surface area contributed by atoms with E-state index in [0.29, 0.717) is 12.2 Å². The molecule has 0 N–H and O–H groups in total. The topological polar surface area (TPSA) is 46.6 Å². The lowest BCUT2D eigenvalue weighted by atomic mass is 9.88. The Bertz CT molecular complexity index is 372. The molecule has 4 heteroatoms. The Balaban J connectivity index is 1.99. The van der Waals surface area contributed by atoms with Crippen molar-refractivity contribution in [2.75, 3.05) is 13.2 Å². The molecular weight excluding hydrogens is 254 g/mol. The fraction of sp³-hybridized carbons (Fsp3) is 0.875. The number of likely N-dealkylation sites (tertiary alicyclic amines) is 1. The van der Waals surface area contributed by atoms with Gasteiger partial charge in [0.25, 0.3) is 0 Å². The van der Waals surface area contributed by atoms with Gasteiger partial charge in [0.05, 0.1) is 5.60 Å². The Morgan fingerprint density at radius 3 is 2.60 bits per heavy atom. The van der Waals surface area contributed by atoms with Crippen LogP contribution >= 0.6 is 0 Å². The van der Waals surface area contributed by atoms with E-state index >= 15 is 0 Å². The Labute approximate surface area is 121 Å². The molecular formula is C16H27NO3. The average molecular weight is 281 g/mol. The lowest BCUT2D eigenvalue weighted by Crippen LogP contribution is -2.50. The first-order chi connectivity index (χ1) is 9.38. The smallest absolute Gasteiger partial charge is 0.248 e. The van der Waals surface area contributed by atoms with E-state index in [9.17, 15) is 9.59 Å². The number of rotatable bonds is 3. The van der Waals surface area contributed by atoms with Gasteiger partial charge < -0.3 is 9.64 Å². The third-order valence-corrected chi connectivity index (χ3v) is 4.31. The third-order valence-electron chi connectivity index (χ3n) is 4.31.